The molecule has 0 aliphatic rings. The number of halogens is 1. The van der Waals surface area contributed by atoms with E-state index in [1.165, 1.54) is 11.3 Å². The lowest BCUT2D eigenvalue weighted by atomic mass is 10.3. The Morgan fingerprint density at radius 2 is 2.57 bits per heavy atom. The van der Waals surface area contributed by atoms with E-state index in [2.05, 4.69) is 10.3 Å². The van der Waals surface area contributed by atoms with Crippen molar-refractivity contribution in [2.24, 2.45) is 0 Å². The van der Waals surface area contributed by atoms with E-state index in [1.807, 2.05) is 16.0 Å². The zero-order valence-electron chi connectivity index (χ0n) is 7.57. The first kappa shape index (κ1) is 9.92. The minimum absolute atomic E-state index is 0.375. The molecule has 2 aromatic rings. The molecule has 0 saturated carbocycles. The maximum Gasteiger partial charge on any atom is 0.195 e. The van der Waals surface area contributed by atoms with E-state index in [0.29, 0.717) is 17.4 Å². The van der Waals surface area contributed by atoms with Crippen molar-refractivity contribution < 1.29 is 5.11 Å². The summed E-state index contributed by atoms with van der Waals surface area (Å²) in [6, 6.07) is 0. The van der Waals surface area contributed by atoms with Crippen LogP contribution >= 0.6 is 22.9 Å². The second kappa shape index (κ2) is 3.86. The normalized spacial score (nSPS) is 13.6. The Morgan fingerprint density at radius 3 is 3.29 bits per heavy atom. The SMILES string of the molecule is CNCC(O)c1c(Cl)nc2sccn12. The van der Waals surface area contributed by atoms with Gasteiger partial charge in [0.2, 0.25) is 0 Å². The first-order valence-electron chi connectivity index (χ1n) is 4.17. The lowest BCUT2D eigenvalue weighted by molar-refractivity contribution is 0.172. The van der Waals surface area contributed by atoms with Crippen molar-refractivity contribution in [1.29, 1.82) is 0 Å². The molecular weight excluding hydrogens is 222 g/mol. The molecule has 0 radical (unpaired) electrons. The highest BCUT2D eigenvalue weighted by Gasteiger charge is 2.18. The van der Waals surface area contributed by atoms with Crippen molar-refractivity contribution in [3.05, 3.63) is 22.4 Å². The molecule has 2 rings (SSSR count). The largest absolute Gasteiger partial charge is 0.385 e. The van der Waals surface area contributed by atoms with Gasteiger partial charge in [-0.1, -0.05) is 11.6 Å². The van der Waals surface area contributed by atoms with Gasteiger partial charge in [-0.25, -0.2) is 4.98 Å². The molecule has 1 unspecified atom stereocenters. The maximum atomic E-state index is 9.80. The van der Waals surface area contributed by atoms with Gasteiger partial charge in [0.15, 0.2) is 10.1 Å². The number of imidazole rings is 1. The van der Waals surface area contributed by atoms with Gasteiger partial charge in [0.05, 0.1) is 5.69 Å². The number of hydrogen-bond acceptors (Lipinski definition) is 4. The number of nitrogens with zero attached hydrogens (tertiary/aromatic N) is 2. The first-order chi connectivity index (χ1) is 6.74. The van der Waals surface area contributed by atoms with Gasteiger partial charge in [-0.15, -0.1) is 11.3 Å². The molecule has 4 nitrogen and oxygen atoms in total. The quantitative estimate of drug-likeness (QED) is 0.837. The Labute approximate surface area is 90.2 Å². The van der Waals surface area contributed by atoms with Crippen LogP contribution in [0.1, 0.15) is 11.8 Å². The van der Waals surface area contributed by atoms with Crippen molar-refractivity contribution in [3.63, 3.8) is 0 Å². The van der Waals surface area contributed by atoms with Crippen LogP contribution in [0.3, 0.4) is 0 Å². The van der Waals surface area contributed by atoms with Crippen molar-refractivity contribution in [1.82, 2.24) is 14.7 Å². The molecule has 0 aromatic carbocycles. The molecule has 6 heteroatoms. The van der Waals surface area contributed by atoms with Crippen LogP contribution in [-0.4, -0.2) is 28.1 Å². The molecule has 0 fully saturated rings. The highest BCUT2D eigenvalue weighted by Crippen LogP contribution is 2.26. The summed E-state index contributed by atoms with van der Waals surface area (Å²) in [5.41, 5.74) is 0.650. The topological polar surface area (TPSA) is 49.6 Å². The molecule has 2 N–H and O–H groups in total. The van der Waals surface area contributed by atoms with Crippen molar-refractivity contribution >= 4 is 27.9 Å². The Bertz CT molecular complexity index is 439. The number of aromatic nitrogens is 2. The number of aliphatic hydroxyl groups excluding tert-OH is 1. The van der Waals surface area contributed by atoms with Gasteiger partial charge < -0.3 is 10.4 Å². The van der Waals surface area contributed by atoms with Crippen LogP contribution in [0.2, 0.25) is 5.15 Å². The molecule has 0 amide bonds. The van der Waals surface area contributed by atoms with Crippen LogP contribution in [0, 0.1) is 0 Å². The Kier molecular flexibility index (Phi) is 2.73. The number of hydrogen-bond donors (Lipinski definition) is 2. The average molecular weight is 232 g/mol. The fraction of sp³-hybridized carbons (Fsp3) is 0.375. The van der Waals surface area contributed by atoms with Crippen LogP contribution in [0.15, 0.2) is 11.6 Å². The van der Waals surface area contributed by atoms with Gasteiger partial charge in [0.1, 0.15) is 6.10 Å². The molecule has 0 spiro atoms. The van der Waals surface area contributed by atoms with E-state index >= 15 is 0 Å². The molecule has 2 heterocycles. The van der Waals surface area contributed by atoms with Crippen LogP contribution in [0.4, 0.5) is 0 Å². The Balaban J connectivity index is 2.47. The second-order valence-electron chi connectivity index (χ2n) is 2.92. The van der Waals surface area contributed by atoms with E-state index in [0.717, 1.165) is 4.96 Å². The van der Waals surface area contributed by atoms with Crippen molar-refractivity contribution in [2.45, 2.75) is 6.10 Å². The molecule has 0 aliphatic heterocycles. The lowest BCUT2D eigenvalue weighted by Gasteiger charge is -2.08. The molecule has 76 valence electrons. The van der Waals surface area contributed by atoms with E-state index in [-0.39, 0.29) is 0 Å². The summed E-state index contributed by atoms with van der Waals surface area (Å²) in [6.45, 7) is 0.462. The molecule has 2 aromatic heterocycles. The van der Waals surface area contributed by atoms with Gasteiger partial charge in [0, 0.05) is 18.1 Å². The van der Waals surface area contributed by atoms with E-state index in [9.17, 15) is 5.11 Å². The van der Waals surface area contributed by atoms with Crippen LogP contribution in [0.25, 0.3) is 4.96 Å². The minimum atomic E-state index is -0.628. The average Bonchev–Trinajstić information content (AvgIpc) is 2.63. The first-order valence-corrected chi connectivity index (χ1v) is 5.43. The van der Waals surface area contributed by atoms with Gasteiger partial charge in [-0.05, 0) is 7.05 Å². The van der Waals surface area contributed by atoms with Crippen molar-refractivity contribution in [2.75, 3.05) is 13.6 Å². The number of likely N-dealkylation sites (N-methyl/N-ethyl adjacent to an activating group) is 1. The number of aliphatic hydroxyl groups is 1. The third-order valence-electron chi connectivity index (χ3n) is 1.97. The third kappa shape index (κ3) is 1.52. The smallest absolute Gasteiger partial charge is 0.195 e. The van der Waals surface area contributed by atoms with E-state index < -0.39 is 6.10 Å². The number of nitrogens with one attached hydrogen (secondary N) is 1. The Hall–Kier alpha value is -0.620. The van der Waals surface area contributed by atoms with Gasteiger partial charge in [-0.3, -0.25) is 4.40 Å². The van der Waals surface area contributed by atoms with Crippen LogP contribution in [0.5, 0.6) is 0 Å². The highest BCUT2D eigenvalue weighted by molar-refractivity contribution is 7.15. The summed E-state index contributed by atoms with van der Waals surface area (Å²) in [7, 11) is 1.78. The van der Waals surface area contributed by atoms with Gasteiger partial charge in [-0.2, -0.15) is 0 Å². The predicted octanol–water partition coefficient (Wildman–Crippen LogP) is 1.30. The maximum absolute atomic E-state index is 9.80. The second-order valence-corrected chi connectivity index (χ2v) is 4.15. The summed E-state index contributed by atoms with van der Waals surface area (Å²) in [5, 5.41) is 15.0. The van der Waals surface area contributed by atoms with Crippen LogP contribution in [-0.2, 0) is 0 Å². The standard InChI is InChI=1S/C8H10ClN3OS/c1-10-4-5(13)6-7(9)11-8-12(6)2-3-14-8/h2-3,5,10,13H,4H2,1H3. The summed E-state index contributed by atoms with van der Waals surface area (Å²) < 4.78 is 1.81. The van der Waals surface area contributed by atoms with E-state index in [4.69, 9.17) is 11.6 Å². The van der Waals surface area contributed by atoms with Crippen molar-refractivity contribution in [3.8, 4) is 0 Å². The summed E-state index contributed by atoms with van der Waals surface area (Å²) in [5.74, 6) is 0. The molecule has 14 heavy (non-hydrogen) atoms. The summed E-state index contributed by atoms with van der Waals surface area (Å²) in [6.07, 6.45) is 1.23. The number of thiazole rings is 1. The summed E-state index contributed by atoms with van der Waals surface area (Å²) >= 11 is 7.42. The molecule has 0 saturated heterocycles. The fourth-order valence-corrected chi connectivity index (χ4v) is 2.43. The van der Waals surface area contributed by atoms with Gasteiger partial charge >= 0.3 is 0 Å². The fourth-order valence-electron chi connectivity index (χ4n) is 1.36. The Morgan fingerprint density at radius 1 is 1.79 bits per heavy atom. The molecule has 0 bridgehead atoms. The van der Waals surface area contributed by atoms with Crippen LogP contribution < -0.4 is 5.32 Å². The lowest BCUT2D eigenvalue weighted by Crippen LogP contribution is -2.18. The molecule has 1 atom stereocenters. The minimum Gasteiger partial charge on any atom is -0.385 e. The zero-order chi connectivity index (χ0) is 10.1. The molecular formula is C8H10ClN3OS. The van der Waals surface area contributed by atoms with E-state index in [1.54, 1.807) is 7.05 Å². The monoisotopic (exact) mass is 231 g/mol. The predicted molar refractivity (Wildman–Crippen MR) is 57.0 cm³/mol. The van der Waals surface area contributed by atoms with Gasteiger partial charge in [0.25, 0.3) is 0 Å². The third-order valence-corrected chi connectivity index (χ3v) is 3.00. The summed E-state index contributed by atoms with van der Waals surface area (Å²) in [4.78, 5) is 4.94. The number of rotatable bonds is 3. The zero-order valence-corrected chi connectivity index (χ0v) is 9.14. The number of fused-ring (bicyclic) bond motifs is 1. The highest BCUT2D eigenvalue weighted by atomic mass is 35.5. The molecule has 0 aliphatic carbocycles.